The van der Waals surface area contributed by atoms with Crippen molar-refractivity contribution in [2.75, 3.05) is 13.2 Å². The number of benzene rings is 1. The quantitative estimate of drug-likeness (QED) is 0.761. The second-order valence-electron chi connectivity index (χ2n) is 3.78. The maximum absolute atomic E-state index is 5.59. The molecule has 0 saturated carbocycles. The largest absolute Gasteiger partial charge is 0.491 e. The van der Waals surface area contributed by atoms with Crippen LogP contribution < -0.4 is 4.74 Å². The van der Waals surface area contributed by atoms with Crippen LogP contribution in [-0.2, 0) is 9.47 Å². The molecule has 1 aliphatic heterocycles. The highest BCUT2D eigenvalue weighted by Gasteiger charge is 2.22. The molecule has 0 spiro atoms. The lowest BCUT2D eigenvalue weighted by molar-refractivity contribution is -0.0486. The van der Waals surface area contributed by atoms with Crippen molar-refractivity contribution in [3.05, 3.63) is 29.8 Å². The molecule has 3 nitrogen and oxygen atoms in total. The normalized spacial score (nSPS) is 25.5. The molecular weight excluding hydrogens is 192 g/mol. The van der Waals surface area contributed by atoms with E-state index in [0.717, 1.165) is 5.75 Å². The molecule has 1 saturated heterocycles. The van der Waals surface area contributed by atoms with Crippen molar-refractivity contribution < 1.29 is 14.2 Å². The summed E-state index contributed by atoms with van der Waals surface area (Å²) in [5.41, 5.74) is 1.23. The highest BCUT2D eigenvalue weighted by atomic mass is 16.7. The van der Waals surface area contributed by atoms with Crippen LogP contribution in [0.4, 0.5) is 0 Å². The van der Waals surface area contributed by atoms with E-state index < -0.39 is 0 Å². The molecule has 2 atom stereocenters. The molecule has 1 aromatic rings. The summed E-state index contributed by atoms with van der Waals surface area (Å²) in [4.78, 5) is 0. The summed E-state index contributed by atoms with van der Waals surface area (Å²) in [5.74, 6) is 0.878. The van der Waals surface area contributed by atoms with Crippen LogP contribution in [0.15, 0.2) is 24.3 Å². The number of hydrogen-bond acceptors (Lipinski definition) is 3. The molecule has 2 rings (SSSR count). The van der Waals surface area contributed by atoms with Crippen LogP contribution >= 0.6 is 0 Å². The Morgan fingerprint density at radius 3 is 2.67 bits per heavy atom. The highest BCUT2D eigenvalue weighted by Crippen LogP contribution is 2.15. The van der Waals surface area contributed by atoms with Crippen molar-refractivity contribution >= 4 is 0 Å². The fraction of sp³-hybridized carbons (Fsp3) is 0.500. The Morgan fingerprint density at radius 1 is 1.33 bits per heavy atom. The Morgan fingerprint density at radius 2 is 2.07 bits per heavy atom. The minimum Gasteiger partial charge on any atom is -0.491 e. The SMILES string of the molecule is Cc1ccc(OCC2COC(C)O2)cc1. The Labute approximate surface area is 90.0 Å². The molecule has 1 heterocycles. The third kappa shape index (κ3) is 2.94. The molecule has 15 heavy (non-hydrogen) atoms. The van der Waals surface area contributed by atoms with E-state index in [-0.39, 0.29) is 12.4 Å². The lowest BCUT2D eigenvalue weighted by Gasteiger charge is -2.10. The Kier molecular flexibility index (Phi) is 3.23. The van der Waals surface area contributed by atoms with Crippen LogP contribution in [0.25, 0.3) is 0 Å². The van der Waals surface area contributed by atoms with E-state index in [9.17, 15) is 0 Å². The van der Waals surface area contributed by atoms with Crippen LogP contribution in [-0.4, -0.2) is 25.6 Å². The minimum atomic E-state index is -0.100. The van der Waals surface area contributed by atoms with E-state index in [1.165, 1.54) is 5.56 Å². The van der Waals surface area contributed by atoms with Gasteiger partial charge in [0, 0.05) is 0 Å². The average molecular weight is 208 g/mol. The molecule has 0 radical (unpaired) electrons. The van der Waals surface area contributed by atoms with Gasteiger partial charge in [0.05, 0.1) is 6.61 Å². The molecule has 0 bridgehead atoms. The zero-order valence-corrected chi connectivity index (χ0v) is 9.10. The molecular formula is C12H16O3. The van der Waals surface area contributed by atoms with Gasteiger partial charge in [-0.2, -0.15) is 0 Å². The first-order chi connectivity index (χ1) is 7.24. The Bertz CT molecular complexity index is 307. The fourth-order valence-corrected chi connectivity index (χ4v) is 1.50. The summed E-state index contributed by atoms with van der Waals surface area (Å²) in [6.45, 7) is 5.12. The fourth-order valence-electron chi connectivity index (χ4n) is 1.50. The van der Waals surface area contributed by atoms with E-state index >= 15 is 0 Å². The Balaban J connectivity index is 1.80. The smallest absolute Gasteiger partial charge is 0.155 e. The standard InChI is InChI=1S/C12H16O3/c1-9-3-5-11(6-4-9)14-8-12-7-13-10(2)15-12/h3-6,10,12H,7-8H2,1-2H3. The molecule has 0 aliphatic carbocycles. The third-order valence-electron chi connectivity index (χ3n) is 2.36. The van der Waals surface area contributed by atoms with Gasteiger partial charge in [-0.15, -0.1) is 0 Å². The predicted octanol–water partition coefficient (Wildman–Crippen LogP) is 2.14. The van der Waals surface area contributed by atoms with Gasteiger partial charge in [-0.3, -0.25) is 0 Å². The van der Waals surface area contributed by atoms with Crippen molar-refractivity contribution in [1.29, 1.82) is 0 Å². The molecule has 1 fully saturated rings. The van der Waals surface area contributed by atoms with E-state index in [0.29, 0.717) is 13.2 Å². The zero-order chi connectivity index (χ0) is 10.7. The monoisotopic (exact) mass is 208 g/mol. The van der Waals surface area contributed by atoms with Crippen LogP contribution in [0.5, 0.6) is 5.75 Å². The molecule has 3 heteroatoms. The number of rotatable bonds is 3. The summed E-state index contributed by atoms with van der Waals surface area (Å²) in [7, 11) is 0. The molecule has 0 aromatic heterocycles. The summed E-state index contributed by atoms with van der Waals surface area (Å²) in [6, 6.07) is 8.00. The highest BCUT2D eigenvalue weighted by molar-refractivity contribution is 5.26. The van der Waals surface area contributed by atoms with Crippen molar-refractivity contribution in [1.82, 2.24) is 0 Å². The lowest BCUT2D eigenvalue weighted by atomic mass is 10.2. The number of ether oxygens (including phenoxy) is 3. The first kappa shape index (κ1) is 10.5. The summed E-state index contributed by atoms with van der Waals surface area (Å²) in [5, 5.41) is 0. The van der Waals surface area contributed by atoms with E-state index in [4.69, 9.17) is 14.2 Å². The zero-order valence-electron chi connectivity index (χ0n) is 9.10. The number of aryl methyl sites for hydroxylation is 1. The third-order valence-corrected chi connectivity index (χ3v) is 2.36. The van der Waals surface area contributed by atoms with Crippen molar-refractivity contribution in [2.24, 2.45) is 0 Å². The summed E-state index contributed by atoms with van der Waals surface area (Å²) in [6.07, 6.45) is -0.0436. The van der Waals surface area contributed by atoms with E-state index in [2.05, 4.69) is 6.92 Å². The van der Waals surface area contributed by atoms with Gasteiger partial charge in [0.1, 0.15) is 18.5 Å². The second kappa shape index (κ2) is 4.64. The van der Waals surface area contributed by atoms with Gasteiger partial charge < -0.3 is 14.2 Å². The predicted molar refractivity (Wildman–Crippen MR) is 57.0 cm³/mol. The van der Waals surface area contributed by atoms with Crippen molar-refractivity contribution in [2.45, 2.75) is 26.2 Å². The second-order valence-corrected chi connectivity index (χ2v) is 3.78. The first-order valence-corrected chi connectivity index (χ1v) is 5.20. The Hall–Kier alpha value is -1.06. The molecule has 1 aromatic carbocycles. The summed E-state index contributed by atoms with van der Waals surface area (Å²) < 4.78 is 16.3. The molecule has 0 N–H and O–H groups in total. The van der Waals surface area contributed by atoms with Gasteiger partial charge in [-0.25, -0.2) is 0 Å². The maximum Gasteiger partial charge on any atom is 0.155 e. The van der Waals surface area contributed by atoms with Gasteiger partial charge in [-0.1, -0.05) is 17.7 Å². The molecule has 1 aliphatic rings. The van der Waals surface area contributed by atoms with Crippen molar-refractivity contribution in [3.8, 4) is 5.75 Å². The lowest BCUT2D eigenvalue weighted by Crippen LogP contribution is -2.20. The summed E-state index contributed by atoms with van der Waals surface area (Å²) >= 11 is 0. The van der Waals surface area contributed by atoms with Gasteiger partial charge in [0.25, 0.3) is 0 Å². The number of hydrogen-bond donors (Lipinski definition) is 0. The molecule has 82 valence electrons. The topological polar surface area (TPSA) is 27.7 Å². The van der Waals surface area contributed by atoms with Gasteiger partial charge in [0.2, 0.25) is 0 Å². The van der Waals surface area contributed by atoms with Gasteiger partial charge in [-0.05, 0) is 26.0 Å². The van der Waals surface area contributed by atoms with E-state index in [1.807, 2.05) is 31.2 Å². The van der Waals surface area contributed by atoms with Crippen LogP contribution in [0, 0.1) is 6.92 Å². The minimum absolute atomic E-state index is 0.0568. The first-order valence-electron chi connectivity index (χ1n) is 5.20. The maximum atomic E-state index is 5.59. The van der Waals surface area contributed by atoms with Gasteiger partial charge >= 0.3 is 0 Å². The van der Waals surface area contributed by atoms with Crippen molar-refractivity contribution in [3.63, 3.8) is 0 Å². The van der Waals surface area contributed by atoms with E-state index in [1.54, 1.807) is 0 Å². The van der Waals surface area contributed by atoms with Crippen LogP contribution in [0.2, 0.25) is 0 Å². The van der Waals surface area contributed by atoms with Crippen LogP contribution in [0.1, 0.15) is 12.5 Å². The molecule has 0 amide bonds. The van der Waals surface area contributed by atoms with Gasteiger partial charge in [0.15, 0.2) is 6.29 Å². The average Bonchev–Trinajstić information content (AvgIpc) is 2.64. The molecule has 2 unspecified atom stereocenters. The van der Waals surface area contributed by atoms with Crippen LogP contribution in [0.3, 0.4) is 0 Å².